The lowest BCUT2D eigenvalue weighted by atomic mass is 10.2. The highest BCUT2D eigenvalue weighted by Gasteiger charge is 2.32. The standard InChI is InChI=1S/C9H8F3NO5S/c1-19(16,17)13-6-3-2-5(8(14)15)4-7(6)18-9(10,11)12/h2-4,13H,1H3,(H,14,15). The van der Waals surface area contributed by atoms with Crippen molar-refractivity contribution in [2.24, 2.45) is 0 Å². The number of alkyl halides is 3. The van der Waals surface area contributed by atoms with Crippen molar-refractivity contribution in [1.29, 1.82) is 0 Å². The quantitative estimate of drug-likeness (QED) is 0.882. The number of aromatic carboxylic acids is 1. The SMILES string of the molecule is CS(=O)(=O)Nc1ccc(C(=O)O)cc1OC(F)(F)F. The van der Waals surface area contributed by atoms with Crippen LogP contribution in [0.15, 0.2) is 18.2 Å². The Morgan fingerprint density at radius 2 is 1.95 bits per heavy atom. The molecule has 0 amide bonds. The van der Waals surface area contributed by atoms with Gasteiger partial charge in [-0.2, -0.15) is 0 Å². The van der Waals surface area contributed by atoms with E-state index in [0.717, 1.165) is 18.4 Å². The van der Waals surface area contributed by atoms with Gasteiger partial charge in [0.05, 0.1) is 17.5 Å². The minimum Gasteiger partial charge on any atom is -0.478 e. The minimum atomic E-state index is -5.08. The van der Waals surface area contributed by atoms with Crippen LogP contribution < -0.4 is 9.46 Å². The molecule has 0 unspecified atom stereocenters. The highest BCUT2D eigenvalue weighted by molar-refractivity contribution is 7.92. The molecule has 0 bridgehead atoms. The molecule has 0 atom stereocenters. The third-order valence-electron chi connectivity index (χ3n) is 1.75. The Morgan fingerprint density at radius 1 is 1.37 bits per heavy atom. The third-order valence-corrected chi connectivity index (χ3v) is 2.34. The van der Waals surface area contributed by atoms with Gasteiger partial charge in [-0.3, -0.25) is 4.72 Å². The van der Waals surface area contributed by atoms with Crippen LogP contribution in [-0.4, -0.2) is 32.1 Å². The van der Waals surface area contributed by atoms with Crippen molar-refractivity contribution in [2.75, 3.05) is 11.0 Å². The fourth-order valence-electron chi connectivity index (χ4n) is 1.15. The number of carbonyl (C=O) groups is 1. The summed E-state index contributed by atoms with van der Waals surface area (Å²) in [6.45, 7) is 0. The number of sulfonamides is 1. The van der Waals surface area contributed by atoms with E-state index in [1.165, 1.54) is 0 Å². The van der Waals surface area contributed by atoms with Crippen molar-refractivity contribution in [1.82, 2.24) is 0 Å². The van der Waals surface area contributed by atoms with Crippen molar-refractivity contribution < 1.29 is 36.2 Å². The molecule has 2 N–H and O–H groups in total. The number of benzene rings is 1. The van der Waals surface area contributed by atoms with Gasteiger partial charge in [0.1, 0.15) is 0 Å². The molecule has 106 valence electrons. The molecule has 0 spiro atoms. The smallest absolute Gasteiger partial charge is 0.478 e. The maximum Gasteiger partial charge on any atom is 0.573 e. The summed E-state index contributed by atoms with van der Waals surface area (Å²) in [5.74, 6) is -2.42. The number of carboxylic acid groups (broad SMARTS) is 1. The molecule has 1 aromatic rings. The van der Waals surface area contributed by atoms with E-state index in [9.17, 15) is 26.4 Å². The summed E-state index contributed by atoms with van der Waals surface area (Å²) in [6.07, 6.45) is -4.35. The molecule has 0 radical (unpaired) electrons. The van der Waals surface area contributed by atoms with E-state index in [4.69, 9.17) is 5.11 Å². The number of nitrogens with one attached hydrogen (secondary N) is 1. The van der Waals surface area contributed by atoms with E-state index in [-0.39, 0.29) is 0 Å². The topological polar surface area (TPSA) is 92.7 Å². The Bertz CT molecular complexity index is 596. The first-order valence-electron chi connectivity index (χ1n) is 4.59. The molecule has 0 fully saturated rings. The van der Waals surface area contributed by atoms with Gasteiger partial charge in [-0.1, -0.05) is 0 Å². The summed E-state index contributed by atoms with van der Waals surface area (Å²) in [5, 5.41) is 8.66. The lowest BCUT2D eigenvalue weighted by molar-refractivity contribution is -0.274. The third kappa shape index (κ3) is 5.04. The molecule has 0 heterocycles. The van der Waals surface area contributed by atoms with Gasteiger partial charge in [-0.05, 0) is 18.2 Å². The first kappa shape index (κ1) is 15.1. The monoisotopic (exact) mass is 299 g/mol. The Labute approximate surface area is 105 Å². The van der Waals surface area contributed by atoms with Gasteiger partial charge < -0.3 is 9.84 Å². The average Bonchev–Trinajstić information content (AvgIpc) is 2.15. The zero-order valence-corrected chi connectivity index (χ0v) is 10.2. The molecule has 0 saturated heterocycles. The Hall–Kier alpha value is -1.97. The number of rotatable bonds is 4. The molecular formula is C9H8F3NO5S. The molecular weight excluding hydrogens is 291 g/mol. The summed E-state index contributed by atoms with van der Waals surface area (Å²) >= 11 is 0. The van der Waals surface area contributed by atoms with Crippen molar-refractivity contribution in [3.05, 3.63) is 23.8 Å². The highest BCUT2D eigenvalue weighted by Crippen LogP contribution is 2.31. The lowest BCUT2D eigenvalue weighted by Crippen LogP contribution is -2.19. The van der Waals surface area contributed by atoms with E-state index in [2.05, 4.69) is 4.74 Å². The number of halogens is 3. The number of anilines is 1. The predicted octanol–water partition coefficient (Wildman–Crippen LogP) is 1.65. The number of hydrogen-bond donors (Lipinski definition) is 2. The van der Waals surface area contributed by atoms with Gasteiger partial charge in [0.2, 0.25) is 10.0 Å². The fraction of sp³-hybridized carbons (Fsp3) is 0.222. The molecule has 1 rings (SSSR count). The summed E-state index contributed by atoms with van der Waals surface area (Å²) in [5.41, 5.74) is -0.983. The summed E-state index contributed by atoms with van der Waals surface area (Å²) < 4.78 is 63.7. The van der Waals surface area contributed by atoms with Crippen molar-refractivity contribution >= 4 is 21.7 Å². The van der Waals surface area contributed by atoms with Crippen LogP contribution in [0.4, 0.5) is 18.9 Å². The zero-order valence-electron chi connectivity index (χ0n) is 9.35. The van der Waals surface area contributed by atoms with Crippen LogP contribution in [0, 0.1) is 0 Å². The second-order valence-corrected chi connectivity index (χ2v) is 5.19. The first-order valence-corrected chi connectivity index (χ1v) is 6.48. The fourth-order valence-corrected chi connectivity index (χ4v) is 1.72. The van der Waals surface area contributed by atoms with Crippen LogP contribution in [0.1, 0.15) is 10.4 Å². The second kappa shape index (κ2) is 4.96. The van der Waals surface area contributed by atoms with Gasteiger partial charge in [-0.15, -0.1) is 13.2 Å². The summed E-state index contributed by atoms with van der Waals surface area (Å²) in [7, 11) is -3.83. The number of ether oxygens (including phenoxy) is 1. The van der Waals surface area contributed by atoms with Gasteiger partial charge >= 0.3 is 12.3 Å². The van der Waals surface area contributed by atoms with Crippen LogP contribution in [0.5, 0.6) is 5.75 Å². The zero-order chi connectivity index (χ0) is 14.8. The van der Waals surface area contributed by atoms with Crippen molar-refractivity contribution in [3.8, 4) is 5.75 Å². The average molecular weight is 299 g/mol. The van der Waals surface area contributed by atoms with E-state index >= 15 is 0 Å². The normalized spacial score (nSPS) is 12.0. The Balaban J connectivity index is 3.26. The number of carboxylic acids is 1. The largest absolute Gasteiger partial charge is 0.573 e. The van der Waals surface area contributed by atoms with E-state index in [1.807, 2.05) is 0 Å². The van der Waals surface area contributed by atoms with Crippen molar-refractivity contribution in [2.45, 2.75) is 6.36 Å². The van der Waals surface area contributed by atoms with Crippen molar-refractivity contribution in [3.63, 3.8) is 0 Å². The van der Waals surface area contributed by atoms with Gasteiger partial charge in [0.15, 0.2) is 5.75 Å². The van der Waals surface area contributed by atoms with E-state index in [0.29, 0.717) is 6.07 Å². The van der Waals surface area contributed by atoms with Crippen LogP contribution in [0.25, 0.3) is 0 Å². The highest BCUT2D eigenvalue weighted by atomic mass is 32.2. The van der Waals surface area contributed by atoms with Gasteiger partial charge in [0, 0.05) is 0 Å². The maximum atomic E-state index is 12.1. The van der Waals surface area contributed by atoms with Crippen LogP contribution in [0.2, 0.25) is 0 Å². The molecule has 0 aliphatic carbocycles. The maximum absolute atomic E-state index is 12.1. The van der Waals surface area contributed by atoms with Crippen LogP contribution >= 0.6 is 0 Å². The second-order valence-electron chi connectivity index (χ2n) is 3.44. The molecule has 19 heavy (non-hydrogen) atoms. The Morgan fingerprint density at radius 3 is 2.37 bits per heavy atom. The molecule has 6 nitrogen and oxygen atoms in total. The molecule has 0 aliphatic rings. The molecule has 0 aliphatic heterocycles. The first-order chi connectivity index (χ1) is 8.48. The molecule has 1 aromatic carbocycles. The molecule has 0 saturated carbocycles. The van der Waals surface area contributed by atoms with Crippen LogP contribution in [-0.2, 0) is 10.0 Å². The lowest BCUT2D eigenvalue weighted by Gasteiger charge is -2.14. The van der Waals surface area contributed by atoms with Gasteiger partial charge in [0.25, 0.3) is 0 Å². The Kier molecular flexibility index (Phi) is 3.94. The number of hydrogen-bond acceptors (Lipinski definition) is 4. The van der Waals surface area contributed by atoms with Gasteiger partial charge in [-0.25, -0.2) is 13.2 Å². The predicted molar refractivity (Wildman–Crippen MR) is 58.6 cm³/mol. The van der Waals surface area contributed by atoms with E-state index < -0.39 is 39.4 Å². The summed E-state index contributed by atoms with van der Waals surface area (Å²) in [6, 6.07) is 2.38. The molecule has 10 heteroatoms. The summed E-state index contributed by atoms with van der Waals surface area (Å²) in [4.78, 5) is 10.6. The molecule has 0 aromatic heterocycles. The van der Waals surface area contributed by atoms with Crippen LogP contribution in [0.3, 0.4) is 0 Å². The minimum absolute atomic E-state index is 0.474. The van der Waals surface area contributed by atoms with E-state index in [1.54, 1.807) is 4.72 Å².